The van der Waals surface area contributed by atoms with Crippen LogP contribution in [0.5, 0.6) is 0 Å². The number of hydrogen-bond donors (Lipinski definition) is 1. The minimum Gasteiger partial charge on any atom is -0.312 e. The first kappa shape index (κ1) is 10.4. The quantitative estimate of drug-likeness (QED) is 0.634. The second-order valence-corrected chi connectivity index (χ2v) is 6.74. The van der Waals surface area contributed by atoms with Crippen LogP contribution >= 0.6 is 11.8 Å². The topological polar surface area (TPSA) is 23.5 Å². The van der Waals surface area contributed by atoms with E-state index in [1.807, 2.05) is 11.8 Å². The van der Waals surface area contributed by atoms with E-state index in [9.17, 15) is 5.21 Å². The van der Waals surface area contributed by atoms with Gasteiger partial charge < -0.3 is 5.21 Å². The normalized spacial score (nSPS) is 35.0. The zero-order valence-corrected chi connectivity index (χ0v) is 9.40. The van der Waals surface area contributed by atoms with Crippen molar-refractivity contribution >= 4 is 11.8 Å². The average molecular weight is 189 g/mol. The number of hydroxylamine groups is 2. The lowest BCUT2D eigenvalue weighted by molar-refractivity contribution is -0.202. The van der Waals surface area contributed by atoms with Crippen molar-refractivity contribution in [2.45, 2.75) is 56.7 Å². The van der Waals surface area contributed by atoms with Crippen LogP contribution < -0.4 is 0 Å². The molecule has 3 heteroatoms. The Balaban J connectivity index is 2.84. The molecule has 0 spiro atoms. The SMILES string of the molecule is CC1CC(C)(C)N(O)C(C)(C)S1. The van der Waals surface area contributed by atoms with E-state index in [4.69, 9.17) is 0 Å². The van der Waals surface area contributed by atoms with E-state index in [0.717, 1.165) is 6.42 Å². The number of rotatable bonds is 0. The molecule has 0 amide bonds. The van der Waals surface area contributed by atoms with Crippen LogP contribution in [0.25, 0.3) is 0 Å². The fourth-order valence-corrected chi connectivity index (χ4v) is 3.93. The van der Waals surface area contributed by atoms with E-state index in [1.54, 1.807) is 0 Å². The van der Waals surface area contributed by atoms with Crippen molar-refractivity contribution in [2.24, 2.45) is 0 Å². The van der Waals surface area contributed by atoms with E-state index in [0.29, 0.717) is 5.25 Å². The van der Waals surface area contributed by atoms with Gasteiger partial charge in [-0.15, -0.1) is 11.8 Å². The molecule has 0 aromatic rings. The first-order valence-corrected chi connectivity index (χ1v) is 5.31. The van der Waals surface area contributed by atoms with Gasteiger partial charge in [0.1, 0.15) is 0 Å². The van der Waals surface area contributed by atoms with Crippen LogP contribution in [-0.4, -0.2) is 25.9 Å². The Labute approximate surface area is 79.3 Å². The molecule has 1 rings (SSSR count). The smallest absolute Gasteiger partial charge is 0.0862 e. The molecule has 0 aromatic carbocycles. The summed E-state index contributed by atoms with van der Waals surface area (Å²) in [7, 11) is 0. The molecular weight excluding hydrogens is 170 g/mol. The second-order valence-electron chi connectivity index (χ2n) is 4.70. The number of nitrogens with zero attached hydrogens (tertiary/aromatic N) is 1. The Morgan fingerprint density at radius 3 is 2.25 bits per heavy atom. The summed E-state index contributed by atoms with van der Waals surface area (Å²) in [5.74, 6) is 0. The molecule has 1 atom stereocenters. The molecule has 12 heavy (non-hydrogen) atoms. The first-order chi connectivity index (χ1) is 5.26. The maximum absolute atomic E-state index is 9.90. The molecular formula is C9H19NOS. The summed E-state index contributed by atoms with van der Waals surface area (Å²) in [4.78, 5) is -0.152. The molecule has 0 aromatic heterocycles. The van der Waals surface area contributed by atoms with Crippen LogP contribution in [0.1, 0.15) is 41.0 Å². The molecule has 0 aliphatic carbocycles. The largest absolute Gasteiger partial charge is 0.312 e. The molecule has 1 heterocycles. The maximum atomic E-state index is 9.90. The molecule has 0 saturated carbocycles. The van der Waals surface area contributed by atoms with Crippen LogP contribution in [-0.2, 0) is 0 Å². The van der Waals surface area contributed by atoms with Crippen molar-refractivity contribution in [1.29, 1.82) is 0 Å². The lowest BCUT2D eigenvalue weighted by Crippen LogP contribution is -2.56. The van der Waals surface area contributed by atoms with Crippen LogP contribution in [0.4, 0.5) is 0 Å². The third kappa shape index (κ3) is 1.78. The zero-order chi connectivity index (χ0) is 9.57. The van der Waals surface area contributed by atoms with E-state index >= 15 is 0 Å². The molecule has 0 radical (unpaired) electrons. The molecule has 1 aliphatic heterocycles. The van der Waals surface area contributed by atoms with Crippen LogP contribution in [0.3, 0.4) is 0 Å². The van der Waals surface area contributed by atoms with E-state index in [-0.39, 0.29) is 10.4 Å². The van der Waals surface area contributed by atoms with Gasteiger partial charge in [-0.3, -0.25) is 0 Å². The zero-order valence-electron chi connectivity index (χ0n) is 8.59. The fourth-order valence-electron chi connectivity index (χ4n) is 2.10. The van der Waals surface area contributed by atoms with Gasteiger partial charge >= 0.3 is 0 Å². The fraction of sp³-hybridized carbons (Fsp3) is 1.00. The molecule has 1 unspecified atom stereocenters. The van der Waals surface area contributed by atoms with Gasteiger partial charge in [0, 0.05) is 10.8 Å². The molecule has 1 saturated heterocycles. The van der Waals surface area contributed by atoms with E-state index in [2.05, 4.69) is 34.6 Å². The number of thioether (sulfide) groups is 1. The Morgan fingerprint density at radius 1 is 1.33 bits per heavy atom. The van der Waals surface area contributed by atoms with Crippen molar-refractivity contribution in [1.82, 2.24) is 5.06 Å². The highest BCUT2D eigenvalue weighted by Gasteiger charge is 2.44. The predicted molar refractivity (Wildman–Crippen MR) is 53.5 cm³/mol. The third-order valence-electron chi connectivity index (χ3n) is 2.36. The molecule has 1 fully saturated rings. The van der Waals surface area contributed by atoms with Crippen molar-refractivity contribution in [3.63, 3.8) is 0 Å². The standard InChI is InChI=1S/C9H19NOS/c1-7-6-8(2,3)10(11)9(4,5)12-7/h7,11H,6H2,1-5H3. The Bertz CT molecular complexity index is 161. The maximum Gasteiger partial charge on any atom is 0.0862 e. The van der Waals surface area contributed by atoms with Crippen molar-refractivity contribution in [3.05, 3.63) is 0 Å². The van der Waals surface area contributed by atoms with Gasteiger partial charge in [-0.2, -0.15) is 5.06 Å². The van der Waals surface area contributed by atoms with Crippen LogP contribution in [0.2, 0.25) is 0 Å². The van der Waals surface area contributed by atoms with Gasteiger partial charge in [-0.25, -0.2) is 0 Å². The Morgan fingerprint density at radius 2 is 1.83 bits per heavy atom. The molecule has 2 nitrogen and oxygen atoms in total. The number of hydrogen-bond acceptors (Lipinski definition) is 3. The summed E-state index contributed by atoms with van der Waals surface area (Å²) in [6.07, 6.45) is 1.04. The van der Waals surface area contributed by atoms with Crippen molar-refractivity contribution < 1.29 is 5.21 Å². The summed E-state index contributed by atoms with van der Waals surface area (Å²) in [5, 5.41) is 12.0. The first-order valence-electron chi connectivity index (χ1n) is 4.43. The van der Waals surface area contributed by atoms with Gasteiger partial charge in [0.25, 0.3) is 0 Å². The predicted octanol–water partition coefficient (Wildman–Crippen LogP) is 2.72. The lowest BCUT2D eigenvalue weighted by Gasteiger charge is -2.50. The summed E-state index contributed by atoms with van der Waals surface area (Å²) in [5.41, 5.74) is -0.0891. The van der Waals surface area contributed by atoms with Crippen LogP contribution in [0.15, 0.2) is 0 Å². The Hall–Kier alpha value is 0.270. The molecule has 1 N–H and O–H groups in total. The third-order valence-corrected chi connectivity index (χ3v) is 3.68. The van der Waals surface area contributed by atoms with Gasteiger partial charge in [-0.05, 0) is 34.1 Å². The monoisotopic (exact) mass is 189 g/mol. The average Bonchev–Trinajstić information content (AvgIpc) is 1.80. The highest BCUT2D eigenvalue weighted by Crippen LogP contribution is 2.44. The van der Waals surface area contributed by atoms with Crippen molar-refractivity contribution in [2.75, 3.05) is 0 Å². The van der Waals surface area contributed by atoms with Gasteiger partial charge in [0.2, 0.25) is 0 Å². The highest BCUT2D eigenvalue weighted by atomic mass is 32.2. The minimum atomic E-state index is -0.152. The molecule has 1 aliphatic rings. The van der Waals surface area contributed by atoms with Gasteiger partial charge in [0.05, 0.1) is 4.87 Å². The molecule has 0 bridgehead atoms. The van der Waals surface area contributed by atoms with Gasteiger partial charge in [-0.1, -0.05) is 6.92 Å². The highest BCUT2D eigenvalue weighted by molar-refractivity contribution is 8.01. The molecule has 72 valence electrons. The van der Waals surface area contributed by atoms with Gasteiger partial charge in [0.15, 0.2) is 0 Å². The van der Waals surface area contributed by atoms with E-state index < -0.39 is 0 Å². The minimum absolute atomic E-state index is 0.0891. The second kappa shape index (κ2) is 2.89. The van der Waals surface area contributed by atoms with Crippen molar-refractivity contribution in [3.8, 4) is 0 Å². The van der Waals surface area contributed by atoms with Crippen LogP contribution in [0, 0.1) is 0 Å². The summed E-state index contributed by atoms with van der Waals surface area (Å²) >= 11 is 1.83. The summed E-state index contributed by atoms with van der Waals surface area (Å²) < 4.78 is 0. The summed E-state index contributed by atoms with van der Waals surface area (Å²) in [6.45, 7) is 10.5. The van der Waals surface area contributed by atoms with E-state index in [1.165, 1.54) is 5.06 Å². The lowest BCUT2D eigenvalue weighted by atomic mass is 9.96. The Kier molecular flexibility index (Phi) is 2.50. The summed E-state index contributed by atoms with van der Waals surface area (Å²) in [6, 6.07) is 0.